The van der Waals surface area contributed by atoms with E-state index in [-0.39, 0.29) is 22.7 Å². The number of thioether (sulfide) groups is 1. The number of phenols is 1. The number of ether oxygens (including phenoxy) is 1. The Hall–Kier alpha value is -4.83. The molecule has 14 heteroatoms. The molecule has 5 N–H and O–H groups in total. The SMILES string of the molecule is O=C(OC1CCN(CCCn2nnc3cc(CNC[C@H](O)c4ccc(O)c5[nH]c(=O)ccc45)c4c(c32)CCC4)CC1)[C@](O)(c1cccs1)C1CC=C(c2ccccc2)S1. The maximum absolute atomic E-state index is 13.9. The van der Waals surface area contributed by atoms with Crippen molar-refractivity contribution < 1.29 is 24.9 Å². The number of pyridine rings is 1. The fraction of sp³-hybridized carbons (Fsp3) is 0.378. The Morgan fingerprint density at radius 2 is 1.86 bits per heavy atom. The van der Waals surface area contributed by atoms with Gasteiger partial charge in [0.25, 0.3) is 0 Å². The van der Waals surface area contributed by atoms with Crippen molar-refractivity contribution in [1.29, 1.82) is 0 Å². The zero-order valence-corrected chi connectivity index (χ0v) is 34.3. The second-order valence-electron chi connectivity index (χ2n) is 15.8. The van der Waals surface area contributed by atoms with Crippen LogP contribution in [-0.4, -0.2) is 83.7 Å². The number of hydrogen-bond acceptors (Lipinski definition) is 12. The fourth-order valence-corrected chi connectivity index (χ4v) is 11.3. The lowest BCUT2D eigenvalue weighted by atomic mass is 9.94. The first-order chi connectivity index (χ1) is 28.8. The first-order valence-corrected chi connectivity index (χ1v) is 22.2. The number of aryl methyl sites for hydroxylation is 2. The molecule has 2 aliphatic heterocycles. The molecule has 3 aromatic carbocycles. The van der Waals surface area contributed by atoms with Gasteiger partial charge >= 0.3 is 5.97 Å². The number of carbonyl (C=O) groups excluding carboxylic acids is 1. The molecule has 3 aliphatic rings. The number of benzene rings is 3. The van der Waals surface area contributed by atoms with Crippen LogP contribution in [0.15, 0.2) is 89.0 Å². The van der Waals surface area contributed by atoms with Gasteiger partial charge in [0.1, 0.15) is 17.4 Å². The number of nitrogens with one attached hydrogen (secondary N) is 2. The third-order valence-corrected chi connectivity index (χ3v) is 14.5. The van der Waals surface area contributed by atoms with E-state index in [2.05, 4.69) is 54.5 Å². The van der Waals surface area contributed by atoms with E-state index in [9.17, 15) is 24.9 Å². The van der Waals surface area contributed by atoms with Crippen LogP contribution in [0.4, 0.5) is 0 Å². The molecule has 59 heavy (non-hydrogen) atoms. The van der Waals surface area contributed by atoms with Crippen molar-refractivity contribution >= 4 is 55.9 Å². The molecule has 0 radical (unpaired) electrons. The van der Waals surface area contributed by atoms with E-state index < -0.39 is 17.7 Å². The van der Waals surface area contributed by atoms with Gasteiger partial charge in [0, 0.05) is 54.0 Å². The average molecular weight is 833 g/mol. The number of aliphatic hydroxyl groups excluding tert-OH is 1. The Bertz CT molecular complexity index is 2550. The smallest absolute Gasteiger partial charge is 0.345 e. The second-order valence-corrected chi connectivity index (χ2v) is 18.0. The van der Waals surface area contributed by atoms with Crippen LogP contribution in [-0.2, 0) is 41.1 Å². The molecule has 3 atom stereocenters. The maximum atomic E-state index is 13.9. The number of thiophene rings is 1. The van der Waals surface area contributed by atoms with Crippen LogP contribution >= 0.6 is 23.1 Å². The van der Waals surface area contributed by atoms with Gasteiger partial charge in [-0.1, -0.05) is 53.8 Å². The molecule has 0 amide bonds. The van der Waals surface area contributed by atoms with Crippen LogP contribution in [0.3, 0.4) is 0 Å². The maximum Gasteiger partial charge on any atom is 0.345 e. The number of phenolic OH excluding ortho intramolecular Hbond substituents is 1. The predicted octanol–water partition coefficient (Wildman–Crippen LogP) is 6.18. The summed E-state index contributed by atoms with van der Waals surface area (Å²) in [5.41, 5.74) is 5.80. The van der Waals surface area contributed by atoms with Gasteiger partial charge in [0.15, 0.2) is 0 Å². The number of aromatic amines is 1. The highest BCUT2D eigenvalue weighted by atomic mass is 32.2. The summed E-state index contributed by atoms with van der Waals surface area (Å²) in [6.07, 6.45) is 7.00. The summed E-state index contributed by atoms with van der Waals surface area (Å²) in [5.74, 6) is -0.586. The van der Waals surface area contributed by atoms with E-state index in [4.69, 9.17) is 4.74 Å². The van der Waals surface area contributed by atoms with Crippen LogP contribution in [0.2, 0.25) is 0 Å². The number of hydrogen-bond donors (Lipinski definition) is 5. The summed E-state index contributed by atoms with van der Waals surface area (Å²) in [6, 6.07) is 22.1. The summed E-state index contributed by atoms with van der Waals surface area (Å²) in [6.45, 7) is 4.14. The number of allylic oxidation sites excluding steroid dienone is 1. The quantitative estimate of drug-likeness (QED) is 0.0796. The van der Waals surface area contributed by atoms with Crippen molar-refractivity contribution in [2.75, 3.05) is 26.2 Å². The standard InChI is InChI=1S/C45H48N6O6S2/c52-36-14-12-32(33-13-17-41(54)47-42(33)36)37(53)27-46-26-29-25-35-43(34-10-4-9-31(29)34)51(49-48-35)21-6-20-50-22-18-30(19-23-50)57-44(55)45(56,39-11-5-24-58-39)40-16-15-38(59-40)28-7-2-1-3-8-28/h1-3,5,7-8,11-15,17,24-25,30,37,40,46,52-53,56H,4,6,9-10,16,18-23,26-27H2,(H,47,54)/t37-,40?,45-/m0/s1. The van der Waals surface area contributed by atoms with Crippen LogP contribution < -0.4 is 10.9 Å². The van der Waals surface area contributed by atoms with Crippen molar-refractivity contribution in [1.82, 2.24) is 30.2 Å². The van der Waals surface area contributed by atoms with Gasteiger partial charge in [-0.3, -0.25) is 4.79 Å². The third kappa shape index (κ3) is 7.97. The molecule has 1 unspecified atom stereocenters. The molecule has 1 fully saturated rings. The van der Waals surface area contributed by atoms with E-state index in [1.54, 1.807) is 23.9 Å². The molecule has 0 bridgehead atoms. The zero-order valence-electron chi connectivity index (χ0n) is 32.7. The van der Waals surface area contributed by atoms with Crippen molar-refractivity contribution in [2.45, 2.75) is 81.1 Å². The van der Waals surface area contributed by atoms with Crippen LogP contribution in [0.1, 0.15) is 70.9 Å². The number of carbonyl (C=O) groups is 1. The van der Waals surface area contributed by atoms with E-state index in [1.807, 2.05) is 35.7 Å². The second kappa shape index (κ2) is 17.0. The van der Waals surface area contributed by atoms with E-state index in [0.29, 0.717) is 40.9 Å². The largest absolute Gasteiger partial charge is 0.506 e. The van der Waals surface area contributed by atoms with Crippen molar-refractivity contribution in [3.05, 3.63) is 127 Å². The molecule has 3 aromatic heterocycles. The zero-order chi connectivity index (χ0) is 40.5. The number of H-pyrrole nitrogens is 1. The Kier molecular flexibility index (Phi) is 11.4. The number of nitrogens with zero attached hydrogens (tertiary/aromatic N) is 4. The van der Waals surface area contributed by atoms with Gasteiger partial charge in [-0.15, -0.1) is 28.2 Å². The molecule has 9 rings (SSSR count). The minimum atomic E-state index is -1.72. The highest BCUT2D eigenvalue weighted by Gasteiger charge is 2.50. The van der Waals surface area contributed by atoms with Gasteiger partial charge < -0.3 is 35.3 Å². The van der Waals surface area contributed by atoms with Crippen molar-refractivity contribution in [3.63, 3.8) is 0 Å². The Balaban J connectivity index is 0.777. The number of rotatable bonds is 14. The monoisotopic (exact) mass is 832 g/mol. The van der Waals surface area contributed by atoms with Crippen LogP contribution in [0.25, 0.3) is 26.8 Å². The number of aliphatic hydroxyl groups is 2. The lowest BCUT2D eigenvalue weighted by Gasteiger charge is -2.35. The average Bonchev–Trinajstić information content (AvgIpc) is 4.10. The summed E-state index contributed by atoms with van der Waals surface area (Å²) < 4.78 is 8.18. The van der Waals surface area contributed by atoms with Gasteiger partial charge in [0.2, 0.25) is 11.2 Å². The number of likely N-dealkylation sites (tertiary alicyclic amines) is 1. The molecular weight excluding hydrogens is 785 g/mol. The molecule has 0 spiro atoms. The number of fused-ring (bicyclic) bond motifs is 4. The van der Waals surface area contributed by atoms with Gasteiger partial charge in [-0.25, -0.2) is 9.48 Å². The molecule has 1 saturated heterocycles. The Morgan fingerprint density at radius 3 is 2.68 bits per heavy atom. The third-order valence-electron chi connectivity index (χ3n) is 12.1. The van der Waals surface area contributed by atoms with Crippen LogP contribution in [0.5, 0.6) is 5.75 Å². The normalized spacial score (nSPS) is 18.9. The minimum absolute atomic E-state index is 0.0335. The summed E-state index contributed by atoms with van der Waals surface area (Å²) in [5, 5.41) is 48.2. The molecule has 0 saturated carbocycles. The summed E-state index contributed by atoms with van der Waals surface area (Å²) in [7, 11) is 0. The molecule has 6 aromatic rings. The molecule has 5 heterocycles. The topological polar surface area (TPSA) is 166 Å². The molecule has 306 valence electrons. The molecular formula is C45H48N6O6S2. The number of aromatic nitrogens is 4. The Labute approximate surface area is 349 Å². The Morgan fingerprint density at radius 1 is 1.03 bits per heavy atom. The highest BCUT2D eigenvalue weighted by Crippen LogP contribution is 2.49. The number of esters is 1. The van der Waals surface area contributed by atoms with Crippen LogP contribution in [0, 0.1) is 0 Å². The lowest BCUT2D eigenvalue weighted by Crippen LogP contribution is -2.47. The fourth-order valence-electron chi connectivity index (χ4n) is 8.99. The van der Waals surface area contributed by atoms with Gasteiger partial charge in [-0.05, 0) is 109 Å². The van der Waals surface area contributed by atoms with Gasteiger partial charge in [-0.2, -0.15) is 0 Å². The van der Waals surface area contributed by atoms with Crippen molar-refractivity contribution in [2.24, 2.45) is 0 Å². The summed E-state index contributed by atoms with van der Waals surface area (Å²) >= 11 is 2.94. The first-order valence-electron chi connectivity index (χ1n) is 20.5. The highest BCUT2D eigenvalue weighted by molar-refractivity contribution is 8.09. The number of aromatic hydroxyl groups is 1. The molecule has 1 aliphatic carbocycles. The lowest BCUT2D eigenvalue weighted by molar-refractivity contribution is -0.174. The molecule has 12 nitrogen and oxygen atoms in total. The van der Waals surface area contributed by atoms with E-state index >= 15 is 0 Å². The van der Waals surface area contributed by atoms with E-state index in [1.165, 1.54) is 34.6 Å². The van der Waals surface area contributed by atoms with Gasteiger partial charge in [0.05, 0.1) is 22.4 Å². The van der Waals surface area contributed by atoms with Crippen molar-refractivity contribution in [3.8, 4) is 5.75 Å². The number of piperidine rings is 1. The summed E-state index contributed by atoms with van der Waals surface area (Å²) in [4.78, 5) is 32.5. The predicted molar refractivity (Wildman–Crippen MR) is 231 cm³/mol. The van der Waals surface area contributed by atoms with E-state index in [0.717, 1.165) is 91.8 Å². The first kappa shape index (κ1) is 39.6. The minimum Gasteiger partial charge on any atom is -0.506 e.